The van der Waals surface area contributed by atoms with Crippen molar-refractivity contribution >= 4 is 11.5 Å². The molecule has 1 aliphatic carbocycles. The van der Waals surface area contributed by atoms with Gasteiger partial charge in [-0.2, -0.15) is 5.10 Å². The van der Waals surface area contributed by atoms with Gasteiger partial charge in [-0.25, -0.2) is 14.5 Å². The van der Waals surface area contributed by atoms with E-state index in [4.69, 9.17) is 14.8 Å². The Kier molecular flexibility index (Phi) is 5.67. The Hall–Kier alpha value is -2.67. The Morgan fingerprint density at radius 2 is 2.10 bits per heavy atom. The Labute approximate surface area is 171 Å². The van der Waals surface area contributed by atoms with Gasteiger partial charge >= 0.3 is 0 Å². The number of pyridine rings is 1. The highest BCUT2D eigenvalue weighted by molar-refractivity contribution is 5.63. The number of hydrogen-bond donors (Lipinski definition) is 2. The zero-order valence-corrected chi connectivity index (χ0v) is 17.7. The molecule has 0 radical (unpaired) electrons. The van der Waals surface area contributed by atoms with Crippen LogP contribution in [-0.4, -0.2) is 46.3 Å². The Bertz CT molecular complexity index is 988. The van der Waals surface area contributed by atoms with E-state index in [1.807, 2.05) is 23.8 Å². The summed E-state index contributed by atoms with van der Waals surface area (Å²) in [5.74, 6) is 2.20. The highest BCUT2D eigenvalue weighted by atomic mass is 16.5. The Morgan fingerprint density at radius 1 is 1.28 bits per heavy atom. The summed E-state index contributed by atoms with van der Waals surface area (Å²) in [6.45, 7) is 5.20. The van der Waals surface area contributed by atoms with E-state index in [9.17, 15) is 0 Å². The quantitative estimate of drug-likeness (QED) is 0.575. The summed E-state index contributed by atoms with van der Waals surface area (Å²) < 4.78 is 7.45. The molecule has 4 rings (SSSR count). The van der Waals surface area contributed by atoms with Crippen molar-refractivity contribution in [3.63, 3.8) is 0 Å². The van der Waals surface area contributed by atoms with Crippen LogP contribution in [-0.2, 0) is 0 Å². The van der Waals surface area contributed by atoms with Gasteiger partial charge in [0.15, 0.2) is 5.65 Å². The molecule has 1 saturated carbocycles. The van der Waals surface area contributed by atoms with Gasteiger partial charge < -0.3 is 15.4 Å². The fourth-order valence-corrected chi connectivity index (χ4v) is 3.79. The molecule has 7 heteroatoms. The minimum Gasteiger partial charge on any atom is -0.495 e. The molecule has 0 spiro atoms. The lowest BCUT2D eigenvalue weighted by Crippen LogP contribution is -2.31. The second-order valence-corrected chi connectivity index (χ2v) is 7.89. The summed E-state index contributed by atoms with van der Waals surface area (Å²) in [7, 11) is 3.68. The largest absolute Gasteiger partial charge is 0.495 e. The second-order valence-electron chi connectivity index (χ2n) is 7.89. The predicted octanol–water partition coefficient (Wildman–Crippen LogP) is 3.79. The van der Waals surface area contributed by atoms with Crippen molar-refractivity contribution in [2.75, 3.05) is 26.0 Å². The molecular weight excluding hydrogens is 364 g/mol. The van der Waals surface area contributed by atoms with Gasteiger partial charge in [0.1, 0.15) is 23.0 Å². The standard InChI is InChI=1S/C22H30N6O/c1-5-6-16(12-23-3)25-20-10-14(2)9-17(26-20)18-13-24-21-11-19(29-4)22(15-7-8-15)27-28(18)21/h9-11,13,15-16,23H,5-8,12H2,1-4H3,(H,25,26). The van der Waals surface area contributed by atoms with E-state index in [2.05, 4.69) is 41.6 Å². The zero-order chi connectivity index (χ0) is 20.4. The number of aryl methyl sites for hydroxylation is 1. The van der Waals surface area contributed by atoms with E-state index in [1.54, 1.807) is 7.11 Å². The number of nitrogens with zero attached hydrogens (tertiary/aromatic N) is 4. The number of fused-ring (bicyclic) bond motifs is 1. The van der Waals surface area contributed by atoms with Crippen LogP contribution < -0.4 is 15.4 Å². The fraction of sp³-hybridized carbons (Fsp3) is 0.500. The molecule has 3 aromatic rings. The van der Waals surface area contributed by atoms with Crippen molar-refractivity contribution in [3.05, 3.63) is 35.7 Å². The average Bonchev–Trinajstić information content (AvgIpc) is 3.46. The number of aromatic nitrogens is 4. The lowest BCUT2D eigenvalue weighted by molar-refractivity contribution is 0.405. The maximum Gasteiger partial charge on any atom is 0.157 e. The van der Waals surface area contributed by atoms with Crippen molar-refractivity contribution < 1.29 is 4.74 Å². The third-order valence-corrected chi connectivity index (χ3v) is 5.34. The van der Waals surface area contributed by atoms with Gasteiger partial charge in [0.05, 0.1) is 19.0 Å². The summed E-state index contributed by atoms with van der Waals surface area (Å²) in [6.07, 6.45) is 6.40. The van der Waals surface area contributed by atoms with Crippen LogP contribution >= 0.6 is 0 Å². The van der Waals surface area contributed by atoms with E-state index in [-0.39, 0.29) is 0 Å². The summed E-state index contributed by atoms with van der Waals surface area (Å²) in [4.78, 5) is 9.45. The topological polar surface area (TPSA) is 76.4 Å². The van der Waals surface area contributed by atoms with Crippen LogP contribution in [0.5, 0.6) is 5.75 Å². The number of nitrogens with one attached hydrogen (secondary N) is 2. The first-order valence-corrected chi connectivity index (χ1v) is 10.5. The SMILES string of the molecule is CCCC(CNC)Nc1cc(C)cc(-c2cnc3cc(OC)c(C4CC4)nn23)n1. The molecule has 0 aromatic carbocycles. The van der Waals surface area contributed by atoms with Gasteiger partial charge in [0, 0.05) is 24.6 Å². The number of ether oxygens (including phenoxy) is 1. The smallest absolute Gasteiger partial charge is 0.157 e. The van der Waals surface area contributed by atoms with Crippen molar-refractivity contribution in [1.29, 1.82) is 0 Å². The van der Waals surface area contributed by atoms with Gasteiger partial charge in [-0.3, -0.25) is 0 Å². The Morgan fingerprint density at radius 3 is 2.79 bits per heavy atom. The fourth-order valence-electron chi connectivity index (χ4n) is 3.79. The highest BCUT2D eigenvalue weighted by Gasteiger charge is 2.29. The molecule has 0 amide bonds. The minimum absolute atomic E-state index is 0.346. The van der Waals surface area contributed by atoms with Crippen LogP contribution in [0.4, 0.5) is 5.82 Å². The van der Waals surface area contributed by atoms with Crippen LogP contribution in [0.1, 0.15) is 49.8 Å². The molecule has 1 fully saturated rings. The molecule has 3 heterocycles. The number of rotatable bonds is 9. The highest BCUT2D eigenvalue weighted by Crippen LogP contribution is 2.43. The van der Waals surface area contributed by atoms with Crippen LogP contribution in [0.25, 0.3) is 17.0 Å². The molecule has 154 valence electrons. The van der Waals surface area contributed by atoms with Crippen molar-refractivity contribution in [1.82, 2.24) is 24.9 Å². The molecule has 1 aliphatic rings. The molecule has 0 bridgehead atoms. The van der Waals surface area contributed by atoms with Gasteiger partial charge in [0.2, 0.25) is 0 Å². The van der Waals surface area contributed by atoms with E-state index in [0.29, 0.717) is 12.0 Å². The predicted molar refractivity (Wildman–Crippen MR) is 116 cm³/mol. The first-order valence-electron chi connectivity index (χ1n) is 10.5. The lowest BCUT2D eigenvalue weighted by atomic mass is 10.1. The number of likely N-dealkylation sites (N-methyl/N-ethyl adjacent to an activating group) is 1. The summed E-state index contributed by atoms with van der Waals surface area (Å²) in [5.41, 5.74) is 4.72. The molecule has 1 unspecified atom stereocenters. The summed E-state index contributed by atoms with van der Waals surface area (Å²) in [6, 6.07) is 6.50. The number of anilines is 1. The molecule has 29 heavy (non-hydrogen) atoms. The number of methoxy groups -OCH3 is 1. The van der Waals surface area contributed by atoms with E-state index in [1.165, 1.54) is 12.8 Å². The van der Waals surface area contributed by atoms with Crippen LogP contribution in [0, 0.1) is 6.92 Å². The van der Waals surface area contributed by atoms with Crippen molar-refractivity contribution in [2.24, 2.45) is 0 Å². The van der Waals surface area contributed by atoms with E-state index < -0.39 is 0 Å². The molecule has 2 N–H and O–H groups in total. The molecule has 3 aromatic heterocycles. The zero-order valence-electron chi connectivity index (χ0n) is 17.7. The maximum atomic E-state index is 5.55. The third-order valence-electron chi connectivity index (χ3n) is 5.34. The first kappa shape index (κ1) is 19.6. The molecule has 1 atom stereocenters. The summed E-state index contributed by atoms with van der Waals surface area (Å²) in [5, 5.41) is 11.7. The van der Waals surface area contributed by atoms with Crippen molar-refractivity contribution in [2.45, 2.75) is 51.5 Å². The molecule has 7 nitrogen and oxygen atoms in total. The first-order chi connectivity index (χ1) is 14.1. The second kappa shape index (κ2) is 8.37. The number of hydrogen-bond acceptors (Lipinski definition) is 6. The van der Waals surface area contributed by atoms with E-state index in [0.717, 1.165) is 59.2 Å². The molecule has 0 saturated heterocycles. The Balaban J connectivity index is 1.72. The minimum atomic E-state index is 0.346. The monoisotopic (exact) mass is 394 g/mol. The van der Waals surface area contributed by atoms with Gasteiger partial charge in [0.25, 0.3) is 0 Å². The molecule has 0 aliphatic heterocycles. The maximum absolute atomic E-state index is 5.55. The number of imidazole rings is 1. The van der Waals surface area contributed by atoms with Crippen LogP contribution in [0.3, 0.4) is 0 Å². The molecular formula is C22H30N6O. The lowest BCUT2D eigenvalue weighted by Gasteiger charge is -2.19. The normalized spacial score (nSPS) is 14.9. The average molecular weight is 395 g/mol. The summed E-state index contributed by atoms with van der Waals surface area (Å²) >= 11 is 0. The van der Waals surface area contributed by atoms with Crippen molar-refractivity contribution in [3.8, 4) is 17.1 Å². The van der Waals surface area contributed by atoms with Gasteiger partial charge in [-0.15, -0.1) is 0 Å². The van der Waals surface area contributed by atoms with Crippen LogP contribution in [0.15, 0.2) is 24.4 Å². The third kappa shape index (κ3) is 4.19. The van der Waals surface area contributed by atoms with Crippen LogP contribution in [0.2, 0.25) is 0 Å². The van der Waals surface area contributed by atoms with Gasteiger partial charge in [-0.1, -0.05) is 13.3 Å². The van der Waals surface area contributed by atoms with E-state index >= 15 is 0 Å². The van der Waals surface area contributed by atoms with Gasteiger partial charge in [-0.05, 0) is 50.9 Å².